The lowest BCUT2D eigenvalue weighted by Gasteiger charge is -2.82. The van der Waals surface area contributed by atoms with E-state index in [9.17, 15) is 9.90 Å². The van der Waals surface area contributed by atoms with Crippen molar-refractivity contribution in [2.24, 2.45) is 27.4 Å². The fourth-order valence-corrected chi connectivity index (χ4v) is 14.0. The van der Waals surface area contributed by atoms with Crippen LogP contribution < -0.4 is 21.3 Å². The van der Waals surface area contributed by atoms with Crippen molar-refractivity contribution in [3.8, 4) is 0 Å². The molecule has 12 nitrogen and oxygen atoms in total. The lowest BCUT2D eigenvalue weighted by molar-refractivity contribution is -0.397. The number of benzene rings is 1. The minimum absolute atomic E-state index is 0.0339. The summed E-state index contributed by atoms with van der Waals surface area (Å²) in [4.78, 5) is 26.7. The van der Waals surface area contributed by atoms with E-state index in [4.69, 9.17) is 26.0 Å². The maximum atomic E-state index is 12.9. The third-order valence-electron chi connectivity index (χ3n) is 15.1. The van der Waals surface area contributed by atoms with Crippen molar-refractivity contribution in [1.82, 2.24) is 20.2 Å². The van der Waals surface area contributed by atoms with E-state index in [2.05, 4.69) is 46.3 Å². The number of thiazole rings is 1. The molecule has 316 valence electrons. The number of nitrogens with zero attached hydrogens (tertiary/aromatic N) is 4. The van der Waals surface area contributed by atoms with Crippen molar-refractivity contribution in [3.05, 3.63) is 76.0 Å². The highest BCUT2D eigenvalue weighted by molar-refractivity contribution is 7.22. The van der Waals surface area contributed by atoms with E-state index in [0.29, 0.717) is 29.3 Å². The highest BCUT2D eigenvalue weighted by atomic mass is 32.1. The second kappa shape index (κ2) is 15.3. The molecule has 8 rings (SSSR count). The summed E-state index contributed by atoms with van der Waals surface area (Å²) in [6.07, 6.45) is 10.5. The summed E-state index contributed by atoms with van der Waals surface area (Å²) in [5, 5.41) is 35.9. The maximum absolute atomic E-state index is 12.9. The zero-order valence-corrected chi connectivity index (χ0v) is 36.4. The quantitative estimate of drug-likeness (QED) is 0.0543. The van der Waals surface area contributed by atoms with E-state index in [1.54, 1.807) is 11.3 Å². The molecule has 1 aromatic carbocycles. The van der Waals surface area contributed by atoms with Gasteiger partial charge in [0.05, 0.1) is 22.4 Å². The summed E-state index contributed by atoms with van der Waals surface area (Å²) in [6.45, 7) is 15.3. The van der Waals surface area contributed by atoms with Gasteiger partial charge < -0.3 is 46.5 Å². The van der Waals surface area contributed by atoms with Crippen LogP contribution in [0.1, 0.15) is 108 Å². The Morgan fingerprint density at radius 1 is 1.07 bits per heavy atom. The molecule has 0 amide bonds. The molecule has 59 heavy (non-hydrogen) atoms. The third-order valence-corrected chi connectivity index (χ3v) is 16.1. The molecule has 4 saturated carbocycles. The molecule has 4 fully saturated rings. The number of aliphatic hydroxyl groups is 1. The standard InChI is InChI=1S/C46H62N8O4S/c1-29(39(48)52-41-50-35-13-7-8-14-36(35)59-41)32-12-11-18-54(31(32)3)37-16-15-33(38(51-37)40(56)57)34(22-47)30(2)49-28-44-23-42(4)25-45(26-43(5,24-44)46(42,45)27-44)58-21-19-53(6)17-9-10-20-55/h7-8,13-16,22,47,49,55H,9-12,17-21,23-28,48H2,1-6H3,(H,50,52)(H,56,57)/b34-30+,39-29+,47-22?. The minimum Gasteiger partial charge on any atom is -0.476 e. The molecule has 2 unspecified atom stereocenters. The Morgan fingerprint density at radius 3 is 2.51 bits per heavy atom. The van der Waals surface area contributed by atoms with Gasteiger partial charge in [-0.15, -0.1) is 0 Å². The molecule has 13 heteroatoms. The third kappa shape index (κ3) is 6.67. The average Bonchev–Trinajstić information content (AvgIpc) is 3.80. The summed E-state index contributed by atoms with van der Waals surface area (Å²) < 4.78 is 7.97. The number of nitrogens with one attached hydrogen (secondary N) is 3. The molecule has 1 aliphatic heterocycles. The molecule has 0 saturated heterocycles. The first-order chi connectivity index (χ1) is 28.1. The molecule has 2 aromatic heterocycles. The molecule has 3 heterocycles. The molecular formula is C46H62N8O4S. The highest BCUT2D eigenvalue weighted by Gasteiger charge is 2.93. The monoisotopic (exact) mass is 822 g/mol. The Bertz CT molecular complexity index is 2210. The Balaban J connectivity index is 0.975. The summed E-state index contributed by atoms with van der Waals surface area (Å²) >= 11 is 1.56. The van der Waals surface area contributed by atoms with Gasteiger partial charge in [0.25, 0.3) is 0 Å². The van der Waals surface area contributed by atoms with Crippen LogP contribution in [-0.4, -0.2) is 89.3 Å². The molecule has 5 aliphatic rings. The van der Waals surface area contributed by atoms with Gasteiger partial charge in [-0.3, -0.25) is 0 Å². The van der Waals surface area contributed by atoms with Crippen LogP contribution in [0.2, 0.25) is 0 Å². The molecule has 2 atom stereocenters. The minimum atomic E-state index is -1.13. The largest absolute Gasteiger partial charge is 0.476 e. The van der Waals surface area contributed by atoms with Crippen molar-refractivity contribution >= 4 is 50.3 Å². The lowest BCUT2D eigenvalue weighted by atomic mass is 9.25. The molecule has 7 N–H and O–H groups in total. The highest BCUT2D eigenvalue weighted by Crippen LogP contribution is 2.95. The lowest BCUT2D eigenvalue weighted by Crippen LogP contribution is -2.82. The normalized spacial score (nSPS) is 30.1. The van der Waals surface area contributed by atoms with E-state index >= 15 is 0 Å². The molecule has 0 radical (unpaired) electrons. The number of hydrogen-bond acceptors (Lipinski definition) is 12. The Hall–Kier alpha value is -4.30. The predicted octanol–water partition coefficient (Wildman–Crippen LogP) is 7.99. The summed E-state index contributed by atoms with van der Waals surface area (Å²) in [7, 11) is 2.14. The Morgan fingerprint density at radius 2 is 1.81 bits per heavy atom. The second-order valence-electron chi connectivity index (χ2n) is 18.9. The van der Waals surface area contributed by atoms with Crippen molar-refractivity contribution < 1.29 is 19.7 Å². The first-order valence-electron chi connectivity index (χ1n) is 21.3. The molecule has 1 spiro atoms. The van der Waals surface area contributed by atoms with E-state index < -0.39 is 5.97 Å². The number of aliphatic hydroxyl groups excluding tert-OH is 1. The van der Waals surface area contributed by atoms with Crippen LogP contribution in [-0.2, 0) is 4.74 Å². The number of anilines is 2. The topological polar surface area (TPSA) is 173 Å². The maximum Gasteiger partial charge on any atom is 0.355 e. The SMILES string of the molecule is CC1=C(/C(C)=C(\N)Nc2nc3ccccc3s2)CCCN1c1ccc(/C(C=N)=C(\C)NCC23CC4(C)CC5(OCCN(C)CCCCO)CC(C)(C2)C45C3)c(C(=O)O)n1. The van der Waals surface area contributed by atoms with Gasteiger partial charge in [0.15, 0.2) is 10.8 Å². The number of carboxylic acid groups (broad SMARTS) is 1. The first kappa shape index (κ1) is 41.4. The summed E-state index contributed by atoms with van der Waals surface area (Å²) in [6, 6.07) is 11.7. The summed E-state index contributed by atoms with van der Waals surface area (Å²) in [5.74, 6) is -0.0312. The Labute approximate surface area is 352 Å². The van der Waals surface area contributed by atoms with E-state index in [1.807, 2.05) is 57.2 Å². The van der Waals surface area contributed by atoms with Crippen molar-refractivity contribution in [2.45, 2.75) is 98.0 Å². The van der Waals surface area contributed by atoms with Crippen molar-refractivity contribution in [1.29, 1.82) is 5.41 Å². The van der Waals surface area contributed by atoms with Crippen LogP contribution in [0.5, 0.6) is 0 Å². The number of fused-ring (bicyclic) bond motifs is 2. The number of pyridine rings is 1. The van der Waals surface area contributed by atoms with Crippen LogP contribution in [0.25, 0.3) is 15.8 Å². The van der Waals surface area contributed by atoms with Crippen LogP contribution >= 0.6 is 11.3 Å². The fraction of sp³-hybridized carbons (Fsp3) is 0.565. The number of rotatable bonds is 18. The van der Waals surface area contributed by atoms with Gasteiger partial charge in [-0.1, -0.05) is 37.3 Å². The number of aromatic nitrogens is 2. The molecule has 2 bridgehead atoms. The Kier molecular flexibility index (Phi) is 10.8. The zero-order valence-electron chi connectivity index (χ0n) is 35.6. The number of allylic oxidation sites excluding steroid dienone is 5. The number of carboxylic acids is 1. The van der Waals surface area contributed by atoms with Gasteiger partial charge in [0.2, 0.25) is 0 Å². The van der Waals surface area contributed by atoms with Crippen molar-refractivity contribution in [3.63, 3.8) is 0 Å². The molecular weight excluding hydrogens is 761 g/mol. The first-order valence-corrected chi connectivity index (χ1v) is 22.1. The van der Waals surface area contributed by atoms with Gasteiger partial charge in [0.1, 0.15) is 11.6 Å². The number of hydrogen-bond donors (Lipinski definition) is 6. The predicted molar refractivity (Wildman–Crippen MR) is 237 cm³/mol. The van der Waals surface area contributed by atoms with E-state index in [-0.39, 0.29) is 39.6 Å². The number of para-hydroxylation sites is 1. The smallest absolute Gasteiger partial charge is 0.355 e. The van der Waals surface area contributed by atoms with Gasteiger partial charge >= 0.3 is 5.97 Å². The zero-order chi connectivity index (χ0) is 42.0. The second-order valence-corrected chi connectivity index (χ2v) is 19.9. The number of ether oxygens (including phenoxy) is 1. The number of aromatic carboxylic acids is 1. The molecule has 4 aliphatic carbocycles. The average molecular weight is 823 g/mol. The van der Waals surface area contributed by atoms with Crippen LogP contribution in [0, 0.1) is 27.1 Å². The van der Waals surface area contributed by atoms with Crippen LogP contribution in [0.15, 0.2) is 64.8 Å². The van der Waals surface area contributed by atoms with Crippen molar-refractivity contribution in [2.75, 3.05) is 56.7 Å². The van der Waals surface area contributed by atoms with Crippen LogP contribution in [0.3, 0.4) is 0 Å². The van der Waals surface area contributed by atoms with Gasteiger partial charge in [-0.2, -0.15) is 0 Å². The van der Waals surface area contributed by atoms with Crippen LogP contribution in [0.4, 0.5) is 10.9 Å². The molecule has 3 aromatic rings. The van der Waals surface area contributed by atoms with E-state index in [0.717, 1.165) is 122 Å². The number of likely N-dealkylation sites (N-methyl/N-ethyl adjacent to an activating group) is 1. The number of unbranched alkanes of at least 4 members (excludes halogenated alkanes) is 1. The number of nitrogens with two attached hydrogens (primary N) is 1. The van der Waals surface area contributed by atoms with Gasteiger partial charge in [-0.25, -0.2) is 14.8 Å². The fourth-order valence-electron chi connectivity index (χ4n) is 13.1. The van der Waals surface area contributed by atoms with Gasteiger partial charge in [0, 0.05) is 60.4 Å². The van der Waals surface area contributed by atoms with E-state index in [1.165, 1.54) is 6.21 Å². The number of carbonyl (C=O) groups is 1. The summed E-state index contributed by atoms with van der Waals surface area (Å²) in [5.41, 5.74) is 13.0. The van der Waals surface area contributed by atoms with Gasteiger partial charge in [-0.05, 0) is 144 Å².